The third kappa shape index (κ3) is 5.65. The van der Waals surface area contributed by atoms with E-state index in [4.69, 9.17) is 0 Å². The molecule has 0 aliphatic carbocycles. The molecule has 0 atom stereocenters. The topological polar surface area (TPSA) is 38.3 Å². The van der Waals surface area contributed by atoms with Gasteiger partial charge in [0.25, 0.3) is 5.91 Å². The van der Waals surface area contributed by atoms with Crippen molar-refractivity contribution in [3.05, 3.63) is 56.8 Å². The SMILES string of the molecule is Cc1cc(C(=O)NCc2ccc(COCC(F)(F)F)cc2)c(C)s1. The van der Waals surface area contributed by atoms with Crippen molar-refractivity contribution in [3.63, 3.8) is 0 Å². The van der Waals surface area contributed by atoms with E-state index in [2.05, 4.69) is 10.1 Å². The lowest BCUT2D eigenvalue weighted by molar-refractivity contribution is -0.176. The molecule has 3 nitrogen and oxygen atoms in total. The van der Waals surface area contributed by atoms with Crippen LogP contribution in [0.25, 0.3) is 0 Å². The molecule has 1 N–H and O–H groups in total. The van der Waals surface area contributed by atoms with Gasteiger partial charge < -0.3 is 10.1 Å². The fraction of sp³-hybridized carbons (Fsp3) is 0.353. The normalized spacial score (nSPS) is 11.5. The number of nitrogens with one attached hydrogen (secondary N) is 1. The van der Waals surface area contributed by atoms with E-state index in [1.54, 1.807) is 35.6 Å². The number of amides is 1. The molecule has 0 saturated heterocycles. The lowest BCUT2D eigenvalue weighted by atomic mass is 10.1. The summed E-state index contributed by atoms with van der Waals surface area (Å²) in [6.07, 6.45) is -4.32. The van der Waals surface area contributed by atoms with Crippen LogP contribution < -0.4 is 5.32 Å². The lowest BCUT2D eigenvalue weighted by Gasteiger charge is -2.09. The van der Waals surface area contributed by atoms with Crippen molar-refractivity contribution in [1.82, 2.24) is 5.32 Å². The molecule has 7 heteroatoms. The maximum absolute atomic E-state index is 12.1. The highest BCUT2D eigenvalue weighted by Crippen LogP contribution is 2.20. The zero-order valence-electron chi connectivity index (χ0n) is 13.4. The van der Waals surface area contributed by atoms with Crippen molar-refractivity contribution in [3.8, 4) is 0 Å². The molecule has 0 saturated carbocycles. The third-order valence-electron chi connectivity index (χ3n) is 3.30. The molecule has 2 aromatic rings. The predicted molar refractivity (Wildman–Crippen MR) is 87.1 cm³/mol. The highest BCUT2D eigenvalue weighted by atomic mass is 32.1. The first-order valence-corrected chi connectivity index (χ1v) is 8.14. The monoisotopic (exact) mass is 357 g/mol. The number of alkyl halides is 3. The Morgan fingerprint density at radius 2 is 1.79 bits per heavy atom. The Morgan fingerprint density at radius 3 is 2.33 bits per heavy atom. The molecule has 2 rings (SSSR count). The van der Waals surface area contributed by atoms with E-state index in [-0.39, 0.29) is 12.5 Å². The quantitative estimate of drug-likeness (QED) is 0.833. The van der Waals surface area contributed by atoms with Gasteiger partial charge in [-0.05, 0) is 31.0 Å². The van der Waals surface area contributed by atoms with Crippen LogP contribution in [0.1, 0.15) is 31.2 Å². The van der Waals surface area contributed by atoms with Crippen LogP contribution in [0.3, 0.4) is 0 Å². The summed E-state index contributed by atoms with van der Waals surface area (Å²) >= 11 is 1.58. The van der Waals surface area contributed by atoms with Gasteiger partial charge in [-0.1, -0.05) is 24.3 Å². The second-order valence-electron chi connectivity index (χ2n) is 5.43. The van der Waals surface area contributed by atoms with Gasteiger partial charge in [-0.3, -0.25) is 4.79 Å². The number of carbonyl (C=O) groups is 1. The largest absolute Gasteiger partial charge is 0.411 e. The summed E-state index contributed by atoms with van der Waals surface area (Å²) in [7, 11) is 0. The van der Waals surface area contributed by atoms with Gasteiger partial charge in [-0.25, -0.2) is 0 Å². The number of thiophene rings is 1. The molecule has 1 amide bonds. The highest BCUT2D eigenvalue weighted by molar-refractivity contribution is 7.12. The van der Waals surface area contributed by atoms with E-state index in [0.717, 1.165) is 15.3 Å². The van der Waals surface area contributed by atoms with Crippen LogP contribution in [0, 0.1) is 13.8 Å². The van der Waals surface area contributed by atoms with Gasteiger partial charge in [0.05, 0.1) is 12.2 Å². The first-order valence-electron chi connectivity index (χ1n) is 7.32. The molecule has 0 aliphatic rings. The van der Waals surface area contributed by atoms with Crippen molar-refractivity contribution in [2.24, 2.45) is 0 Å². The third-order valence-corrected chi connectivity index (χ3v) is 4.26. The van der Waals surface area contributed by atoms with E-state index >= 15 is 0 Å². The fourth-order valence-corrected chi connectivity index (χ4v) is 3.09. The molecular formula is C17H18F3NO2S. The fourth-order valence-electron chi connectivity index (χ4n) is 2.17. The molecule has 1 aromatic carbocycles. The number of hydrogen-bond acceptors (Lipinski definition) is 3. The summed E-state index contributed by atoms with van der Waals surface area (Å²) in [6.45, 7) is 2.86. The lowest BCUT2D eigenvalue weighted by Crippen LogP contribution is -2.22. The average molecular weight is 357 g/mol. The summed E-state index contributed by atoms with van der Waals surface area (Å²) in [5.41, 5.74) is 2.20. The molecule has 130 valence electrons. The van der Waals surface area contributed by atoms with Crippen molar-refractivity contribution >= 4 is 17.2 Å². The summed E-state index contributed by atoms with van der Waals surface area (Å²) in [4.78, 5) is 14.2. The number of aryl methyl sites for hydroxylation is 2. The number of ether oxygens (including phenoxy) is 1. The molecule has 1 aromatic heterocycles. The number of carbonyl (C=O) groups excluding carboxylic acids is 1. The second kappa shape index (κ2) is 7.81. The molecule has 0 radical (unpaired) electrons. The molecule has 0 aliphatic heterocycles. The minimum Gasteiger partial charge on any atom is -0.367 e. The van der Waals surface area contributed by atoms with Crippen LogP contribution in [-0.2, 0) is 17.9 Å². The van der Waals surface area contributed by atoms with Crippen molar-refractivity contribution in [2.45, 2.75) is 33.2 Å². The molecule has 0 fully saturated rings. The van der Waals surface area contributed by atoms with E-state index < -0.39 is 12.8 Å². The van der Waals surface area contributed by atoms with Gasteiger partial charge in [-0.15, -0.1) is 11.3 Å². The minimum atomic E-state index is -4.32. The molecule has 0 unspecified atom stereocenters. The number of rotatable bonds is 6. The number of benzene rings is 1. The van der Waals surface area contributed by atoms with E-state index in [9.17, 15) is 18.0 Å². The van der Waals surface area contributed by atoms with Gasteiger partial charge in [-0.2, -0.15) is 13.2 Å². The van der Waals surface area contributed by atoms with Crippen LogP contribution in [0.4, 0.5) is 13.2 Å². The summed E-state index contributed by atoms with van der Waals surface area (Å²) in [5.74, 6) is -0.130. The molecule has 24 heavy (non-hydrogen) atoms. The van der Waals surface area contributed by atoms with Gasteiger partial charge >= 0.3 is 6.18 Å². The zero-order chi connectivity index (χ0) is 17.7. The summed E-state index contributed by atoms with van der Waals surface area (Å²) in [5, 5.41) is 2.84. The van der Waals surface area contributed by atoms with Crippen LogP contribution in [0.5, 0.6) is 0 Å². The molecule has 1 heterocycles. The first kappa shape index (κ1) is 18.5. The number of hydrogen-bond donors (Lipinski definition) is 1. The highest BCUT2D eigenvalue weighted by Gasteiger charge is 2.27. The van der Waals surface area contributed by atoms with Crippen molar-refractivity contribution in [2.75, 3.05) is 6.61 Å². The Hall–Kier alpha value is -1.86. The average Bonchev–Trinajstić information content (AvgIpc) is 2.83. The van der Waals surface area contributed by atoms with Crippen LogP contribution >= 0.6 is 11.3 Å². The van der Waals surface area contributed by atoms with Crippen LogP contribution in [-0.4, -0.2) is 18.7 Å². The van der Waals surface area contributed by atoms with Gasteiger partial charge in [0.2, 0.25) is 0 Å². The molecule has 0 spiro atoms. The van der Waals surface area contributed by atoms with E-state index in [1.807, 2.05) is 19.9 Å². The Bertz CT molecular complexity index is 693. The minimum absolute atomic E-state index is 0.0977. The van der Waals surface area contributed by atoms with Gasteiger partial charge in [0.15, 0.2) is 0 Å². The smallest absolute Gasteiger partial charge is 0.367 e. The molecular weight excluding hydrogens is 339 g/mol. The number of halogens is 3. The standard InChI is InChI=1S/C17H18F3NO2S/c1-11-7-15(12(2)24-11)16(22)21-8-13-3-5-14(6-4-13)9-23-10-17(18,19)20/h3-7H,8-10H2,1-2H3,(H,21,22). The Morgan fingerprint density at radius 1 is 1.17 bits per heavy atom. The maximum Gasteiger partial charge on any atom is 0.411 e. The van der Waals surface area contributed by atoms with Gasteiger partial charge in [0, 0.05) is 16.3 Å². The predicted octanol–water partition coefficient (Wildman–Crippen LogP) is 4.37. The zero-order valence-corrected chi connectivity index (χ0v) is 14.2. The summed E-state index contributed by atoms with van der Waals surface area (Å²) in [6, 6.07) is 8.77. The summed E-state index contributed by atoms with van der Waals surface area (Å²) < 4.78 is 40.6. The van der Waals surface area contributed by atoms with E-state index in [1.165, 1.54) is 0 Å². The van der Waals surface area contributed by atoms with Crippen molar-refractivity contribution < 1.29 is 22.7 Å². The van der Waals surface area contributed by atoms with Crippen LogP contribution in [0.2, 0.25) is 0 Å². The van der Waals surface area contributed by atoms with Gasteiger partial charge in [0.1, 0.15) is 6.61 Å². The Balaban J connectivity index is 1.83. The van der Waals surface area contributed by atoms with Crippen LogP contribution in [0.15, 0.2) is 30.3 Å². The Kier molecular flexibility index (Phi) is 6.01. The molecule has 0 bridgehead atoms. The van der Waals surface area contributed by atoms with Crippen molar-refractivity contribution in [1.29, 1.82) is 0 Å². The first-order chi connectivity index (χ1) is 11.2. The van der Waals surface area contributed by atoms with E-state index in [0.29, 0.717) is 17.7 Å². The maximum atomic E-state index is 12.1. The second-order valence-corrected chi connectivity index (χ2v) is 6.89. The Labute approximate surface area is 142 Å².